The Hall–Kier alpha value is -1.09. The van der Waals surface area contributed by atoms with Crippen LogP contribution >= 0.6 is 0 Å². The lowest BCUT2D eigenvalue weighted by Crippen LogP contribution is -2.01. The molecule has 0 aliphatic carbocycles. The lowest BCUT2D eigenvalue weighted by Gasteiger charge is -2.09. The first kappa shape index (κ1) is 9.00. The molecule has 0 fully saturated rings. The number of nitrogens with zero attached hydrogens (tertiary/aromatic N) is 1. The van der Waals surface area contributed by atoms with Crippen LogP contribution in [0.5, 0.6) is 5.88 Å². The summed E-state index contributed by atoms with van der Waals surface area (Å²) in [6.07, 6.45) is 1.12. The summed E-state index contributed by atoms with van der Waals surface area (Å²) in [5.74, 6) is 0.523. The van der Waals surface area contributed by atoms with Gasteiger partial charge in [0.15, 0.2) is 0 Å². The first-order valence-electron chi connectivity index (χ1n) is 4.01. The summed E-state index contributed by atoms with van der Waals surface area (Å²) in [6.45, 7) is 4.15. The van der Waals surface area contributed by atoms with E-state index in [0.29, 0.717) is 12.5 Å². The summed E-state index contributed by atoms with van der Waals surface area (Å²) in [4.78, 5) is 4.01. The van der Waals surface area contributed by atoms with Crippen LogP contribution in [0.4, 0.5) is 0 Å². The van der Waals surface area contributed by atoms with Crippen molar-refractivity contribution in [2.45, 2.75) is 20.0 Å². The number of rotatable bonds is 3. The summed E-state index contributed by atoms with van der Waals surface area (Å²) in [6, 6.07) is 3.59. The van der Waals surface area contributed by atoms with E-state index in [1.165, 1.54) is 0 Å². The predicted molar refractivity (Wildman–Crippen MR) is 46.0 cm³/mol. The van der Waals surface area contributed by atoms with Crippen LogP contribution in [0.15, 0.2) is 18.3 Å². The molecule has 0 saturated heterocycles. The molecule has 0 bridgehead atoms. The molecular weight excluding hydrogens is 154 g/mol. The van der Waals surface area contributed by atoms with E-state index in [1.54, 1.807) is 19.2 Å². The Morgan fingerprint density at radius 2 is 2.42 bits per heavy atom. The molecule has 0 aliphatic rings. The van der Waals surface area contributed by atoms with Gasteiger partial charge in [0.2, 0.25) is 5.88 Å². The van der Waals surface area contributed by atoms with Crippen LogP contribution in [0.25, 0.3) is 0 Å². The number of pyridine rings is 1. The Balaban J connectivity index is 2.92. The second kappa shape index (κ2) is 4.07. The topological polar surface area (TPSA) is 42.4 Å². The first-order chi connectivity index (χ1) is 5.75. The van der Waals surface area contributed by atoms with Crippen LogP contribution in [0.3, 0.4) is 0 Å². The maximum Gasteiger partial charge on any atom is 0.219 e. The highest BCUT2D eigenvalue weighted by Crippen LogP contribution is 2.21. The predicted octanol–water partition coefficient (Wildman–Crippen LogP) is 1.53. The van der Waals surface area contributed by atoms with Crippen molar-refractivity contribution in [1.29, 1.82) is 0 Å². The van der Waals surface area contributed by atoms with Gasteiger partial charge in [0.25, 0.3) is 0 Å². The molecule has 1 aromatic rings. The molecule has 1 unspecified atom stereocenters. The zero-order valence-corrected chi connectivity index (χ0v) is 7.32. The van der Waals surface area contributed by atoms with Crippen LogP contribution in [-0.2, 0) is 0 Å². The van der Waals surface area contributed by atoms with Gasteiger partial charge in [0.1, 0.15) is 0 Å². The second-order valence-electron chi connectivity index (χ2n) is 2.51. The molecule has 1 atom stereocenters. The second-order valence-corrected chi connectivity index (χ2v) is 2.51. The molecule has 12 heavy (non-hydrogen) atoms. The van der Waals surface area contributed by atoms with E-state index in [4.69, 9.17) is 4.74 Å². The van der Waals surface area contributed by atoms with Gasteiger partial charge in [-0.3, -0.25) is 0 Å². The van der Waals surface area contributed by atoms with Gasteiger partial charge in [0.05, 0.1) is 12.7 Å². The van der Waals surface area contributed by atoms with Gasteiger partial charge in [-0.05, 0) is 26.0 Å². The molecule has 1 N–H and O–H groups in total. The van der Waals surface area contributed by atoms with Crippen LogP contribution in [-0.4, -0.2) is 16.7 Å². The minimum Gasteiger partial charge on any atom is -0.478 e. The number of hydrogen-bond acceptors (Lipinski definition) is 3. The molecule has 3 heteroatoms. The average molecular weight is 167 g/mol. The largest absolute Gasteiger partial charge is 0.478 e. The normalized spacial score (nSPS) is 12.6. The number of aliphatic hydroxyl groups is 1. The van der Waals surface area contributed by atoms with Crippen LogP contribution in [0, 0.1) is 0 Å². The van der Waals surface area contributed by atoms with Gasteiger partial charge >= 0.3 is 0 Å². The highest BCUT2D eigenvalue weighted by atomic mass is 16.5. The Bertz CT molecular complexity index is 248. The van der Waals surface area contributed by atoms with Crippen molar-refractivity contribution in [2.24, 2.45) is 0 Å². The fourth-order valence-electron chi connectivity index (χ4n) is 0.979. The molecule has 0 radical (unpaired) electrons. The van der Waals surface area contributed by atoms with E-state index in [1.807, 2.05) is 13.0 Å². The van der Waals surface area contributed by atoms with Gasteiger partial charge in [0, 0.05) is 11.8 Å². The van der Waals surface area contributed by atoms with Crippen LogP contribution in [0.2, 0.25) is 0 Å². The lowest BCUT2D eigenvalue weighted by atomic mass is 10.2. The number of ether oxygens (including phenoxy) is 1. The summed E-state index contributed by atoms with van der Waals surface area (Å²) in [5, 5.41) is 9.31. The molecular formula is C9H13NO2. The molecule has 0 aromatic carbocycles. The van der Waals surface area contributed by atoms with E-state index in [2.05, 4.69) is 4.98 Å². The first-order valence-corrected chi connectivity index (χ1v) is 4.01. The summed E-state index contributed by atoms with van der Waals surface area (Å²) in [7, 11) is 0. The maximum atomic E-state index is 9.31. The van der Waals surface area contributed by atoms with Crippen molar-refractivity contribution in [3.63, 3.8) is 0 Å². The van der Waals surface area contributed by atoms with Crippen LogP contribution in [0.1, 0.15) is 25.5 Å². The fourth-order valence-corrected chi connectivity index (χ4v) is 0.979. The van der Waals surface area contributed by atoms with E-state index in [0.717, 1.165) is 5.56 Å². The Morgan fingerprint density at radius 1 is 1.67 bits per heavy atom. The maximum absolute atomic E-state index is 9.31. The fraction of sp³-hybridized carbons (Fsp3) is 0.444. The van der Waals surface area contributed by atoms with Gasteiger partial charge < -0.3 is 9.84 Å². The zero-order valence-electron chi connectivity index (χ0n) is 7.32. The highest BCUT2D eigenvalue weighted by molar-refractivity contribution is 5.27. The highest BCUT2D eigenvalue weighted by Gasteiger charge is 2.08. The van der Waals surface area contributed by atoms with Gasteiger partial charge in [-0.1, -0.05) is 0 Å². The lowest BCUT2D eigenvalue weighted by molar-refractivity contribution is 0.190. The standard InChI is InChI=1S/C9H13NO2/c1-3-12-9-8(7(2)11)5-4-6-10-9/h4-7,11H,3H2,1-2H3. The molecule has 0 aliphatic heterocycles. The molecule has 0 spiro atoms. The van der Waals surface area contributed by atoms with E-state index in [9.17, 15) is 5.11 Å². The van der Waals surface area contributed by atoms with Gasteiger partial charge in [-0.2, -0.15) is 0 Å². The molecule has 66 valence electrons. The van der Waals surface area contributed by atoms with Crippen molar-refractivity contribution in [1.82, 2.24) is 4.98 Å². The summed E-state index contributed by atoms with van der Waals surface area (Å²) < 4.78 is 5.23. The summed E-state index contributed by atoms with van der Waals surface area (Å²) in [5.41, 5.74) is 0.736. The minimum atomic E-state index is -0.528. The number of aliphatic hydroxyl groups excluding tert-OH is 1. The Kier molecular flexibility index (Phi) is 3.05. The summed E-state index contributed by atoms with van der Waals surface area (Å²) >= 11 is 0. The number of hydrogen-bond donors (Lipinski definition) is 1. The third kappa shape index (κ3) is 1.95. The monoisotopic (exact) mass is 167 g/mol. The molecule has 0 amide bonds. The van der Waals surface area contributed by atoms with Crippen molar-refractivity contribution in [2.75, 3.05) is 6.61 Å². The van der Waals surface area contributed by atoms with Gasteiger partial charge in [-0.15, -0.1) is 0 Å². The van der Waals surface area contributed by atoms with Gasteiger partial charge in [-0.25, -0.2) is 4.98 Å². The zero-order chi connectivity index (χ0) is 8.97. The van der Waals surface area contributed by atoms with E-state index < -0.39 is 6.10 Å². The quantitative estimate of drug-likeness (QED) is 0.742. The Labute approximate surface area is 72.0 Å². The minimum absolute atomic E-state index is 0.523. The number of aromatic nitrogens is 1. The molecule has 1 heterocycles. The molecule has 1 rings (SSSR count). The van der Waals surface area contributed by atoms with Crippen molar-refractivity contribution in [3.8, 4) is 5.88 Å². The molecule has 3 nitrogen and oxygen atoms in total. The average Bonchev–Trinajstić information content (AvgIpc) is 2.05. The third-order valence-corrected chi connectivity index (χ3v) is 1.53. The van der Waals surface area contributed by atoms with E-state index >= 15 is 0 Å². The molecule has 1 aromatic heterocycles. The third-order valence-electron chi connectivity index (χ3n) is 1.53. The molecule has 0 saturated carbocycles. The van der Waals surface area contributed by atoms with Crippen molar-refractivity contribution in [3.05, 3.63) is 23.9 Å². The van der Waals surface area contributed by atoms with Crippen molar-refractivity contribution >= 4 is 0 Å². The van der Waals surface area contributed by atoms with E-state index in [-0.39, 0.29) is 0 Å². The SMILES string of the molecule is CCOc1ncccc1C(C)O. The Morgan fingerprint density at radius 3 is 3.00 bits per heavy atom. The smallest absolute Gasteiger partial charge is 0.219 e. The van der Waals surface area contributed by atoms with Crippen LogP contribution < -0.4 is 4.74 Å². The van der Waals surface area contributed by atoms with Crippen molar-refractivity contribution < 1.29 is 9.84 Å².